The van der Waals surface area contributed by atoms with Crippen molar-refractivity contribution in [1.29, 1.82) is 0 Å². The Balaban J connectivity index is 2.57. The first-order valence-corrected chi connectivity index (χ1v) is 5.87. The van der Waals surface area contributed by atoms with Crippen molar-refractivity contribution < 1.29 is 23.6 Å². The maximum atomic E-state index is 13.5. The molecule has 0 fully saturated rings. The summed E-state index contributed by atoms with van der Waals surface area (Å²) in [6.45, 7) is 0. The number of carbonyl (C=O) groups excluding carboxylic acids is 2. The van der Waals surface area contributed by atoms with Gasteiger partial charge in [0.05, 0.1) is 30.1 Å². The second-order valence-electron chi connectivity index (χ2n) is 4.13. The minimum atomic E-state index is -1.05. The minimum absolute atomic E-state index is 0.152. The van der Waals surface area contributed by atoms with Crippen molar-refractivity contribution in [2.45, 2.75) is 6.42 Å². The van der Waals surface area contributed by atoms with Gasteiger partial charge in [0.25, 0.3) is 5.69 Å². The number of aromatic nitrogens is 3. The van der Waals surface area contributed by atoms with E-state index < -0.39 is 39.3 Å². The number of ether oxygens (including phenoxy) is 1. The number of nitrogens with zero attached hydrogens (tertiary/aromatic N) is 3. The number of H-pyrrole nitrogens is 1. The Kier molecular flexibility index (Phi) is 4.20. The molecule has 2 aromatic rings. The van der Waals surface area contributed by atoms with Gasteiger partial charge >= 0.3 is 5.97 Å². The van der Waals surface area contributed by atoms with Crippen LogP contribution in [0.4, 0.5) is 10.1 Å². The number of ketones is 1. The number of nitro benzene ring substituents is 1. The zero-order chi connectivity index (χ0) is 16.3. The number of benzene rings is 1. The van der Waals surface area contributed by atoms with Crippen molar-refractivity contribution in [3.05, 3.63) is 51.3 Å². The largest absolute Gasteiger partial charge is 0.465 e. The van der Waals surface area contributed by atoms with Crippen LogP contribution < -0.4 is 0 Å². The molecule has 10 heteroatoms. The summed E-state index contributed by atoms with van der Waals surface area (Å²) < 4.78 is 17.9. The van der Waals surface area contributed by atoms with Crippen LogP contribution in [-0.4, -0.2) is 39.0 Å². The third-order valence-electron chi connectivity index (χ3n) is 2.76. The summed E-state index contributed by atoms with van der Waals surface area (Å²) in [7, 11) is 1.02. The normalized spacial score (nSPS) is 10.3. The molecule has 0 aliphatic rings. The Morgan fingerprint density at radius 1 is 1.45 bits per heavy atom. The highest BCUT2D eigenvalue weighted by atomic mass is 19.1. The fraction of sp³-hybridized carbons (Fsp3) is 0.167. The highest BCUT2D eigenvalue weighted by Crippen LogP contribution is 2.26. The Bertz CT molecular complexity index is 744. The molecule has 0 bridgehead atoms. The summed E-state index contributed by atoms with van der Waals surface area (Å²) in [4.78, 5) is 37.8. The second kappa shape index (κ2) is 6.08. The molecule has 9 nitrogen and oxygen atoms in total. The maximum Gasteiger partial charge on any atom is 0.338 e. The Morgan fingerprint density at radius 2 is 2.18 bits per heavy atom. The second-order valence-corrected chi connectivity index (χ2v) is 4.13. The number of rotatable bonds is 5. The highest BCUT2D eigenvalue weighted by molar-refractivity contribution is 6.09. The van der Waals surface area contributed by atoms with Gasteiger partial charge in [-0.3, -0.25) is 20.0 Å². The third kappa shape index (κ3) is 2.95. The van der Waals surface area contributed by atoms with Crippen molar-refractivity contribution in [3.8, 4) is 0 Å². The number of hydrogen-bond acceptors (Lipinski definition) is 7. The van der Waals surface area contributed by atoms with Crippen LogP contribution in [0.2, 0.25) is 0 Å². The van der Waals surface area contributed by atoms with Crippen LogP contribution in [0.1, 0.15) is 26.5 Å². The molecule has 22 heavy (non-hydrogen) atoms. The van der Waals surface area contributed by atoms with Gasteiger partial charge < -0.3 is 4.74 Å². The Labute approximate surface area is 122 Å². The van der Waals surface area contributed by atoms with Gasteiger partial charge in [-0.1, -0.05) is 0 Å². The van der Waals surface area contributed by atoms with Crippen LogP contribution in [0.3, 0.4) is 0 Å². The van der Waals surface area contributed by atoms with Gasteiger partial charge in [0.2, 0.25) is 0 Å². The lowest BCUT2D eigenvalue weighted by atomic mass is 9.99. The fourth-order valence-corrected chi connectivity index (χ4v) is 1.86. The van der Waals surface area contributed by atoms with E-state index in [-0.39, 0.29) is 12.2 Å². The molecular formula is C12H9FN4O5. The van der Waals surface area contributed by atoms with E-state index in [1.165, 1.54) is 0 Å². The van der Waals surface area contributed by atoms with Crippen LogP contribution in [0.25, 0.3) is 0 Å². The lowest BCUT2D eigenvalue weighted by Gasteiger charge is -2.07. The topological polar surface area (TPSA) is 128 Å². The molecule has 1 N–H and O–H groups in total. The van der Waals surface area contributed by atoms with E-state index in [1.54, 1.807) is 0 Å². The van der Waals surface area contributed by atoms with Crippen molar-refractivity contribution >= 4 is 17.4 Å². The Hall–Kier alpha value is -3.17. The predicted octanol–water partition coefficient (Wildman–Crippen LogP) is 1.06. The van der Waals surface area contributed by atoms with Crippen molar-refractivity contribution in [3.63, 3.8) is 0 Å². The van der Waals surface area contributed by atoms with E-state index in [9.17, 15) is 24.1 Å². The zero-order valence-electron chi connectivity index (χ0n) is 11.2. The monoisotopic (exact) mass is 308 g/mol. The molecule has 0 saturated heterocycles. The molecule has 1 aromatic carbocycles. The van der Waals surface area contributed by atoms with E-state index in [1.807, 2.05) is 0 Å². The zero-order valence-corrected chi connectivity index (χ0v) is 11.2. The number of carbonyl (C=O) groups is 2. The SMILES string of the molecule is COC(=O)c1cc(F)cc([N+](=O)[O-])c1C(=O)Cc1ncn[nH]1. The molecule has 0 radical (unpaired) electrons. The van der Waals surface area contributed by atoms with Crippen LogP contribution in [0.15, 0.2) is 18.5 Å². The van der Waals surface area contributed by atoms with E-state index in [0.29, 0.717) is 12.1 Å². The molecule has 0 spiro atoms. The quantitative estimate of drug-likeness (QED) is 0.378. The van der Waals surface area contributed by atoms with Crippen molar-refractivity contribution in [2.24, 2.45) is 0 Å². The number of hydrogen-bond donors (Lipinski definition) is 1. The van der Waals surface area contributed by atoms with Gasteiger partial charge in [0, 0.05) is 0 Å². The molecule has 0 aliphatic heterocycles. The minimum Gasteiger partial charge on any atom is -0.465 e. The fourth-order valence-electron chi connectivity index (χ4n) is 1.86. The van der Waals surface area contributed by atoms with E-state index >= 15 is 0 Å². The summed E-state index contributed by atoms with van der Waals surface area (Å²) in [5.74, 6) is -2.71. The molecule has 0 aliphatic carbocycles. The highest BCUT2D eigenvalue weighted by Gasteiger charge is 2.29. The van der Waals surface area contributed by atoms with Crippen LogP contribution in [0, 0.1) is 15.9 Å². The van der Waals surface area contributed by atoms with Gasteiger partial charge in [0.15, 0.2) is 5.78 Å². The average molecular weight is 308 g/mol. The number of esters is 1. The summed E-state index contributed by atoms with van der Waals surface area (Å²) in [6.07, 6.45) is 0.791. The van der Waals surface area contributed by atoms with Crippen molar-refractivity contribution in [2.75, 3.05) is 7.11 Å². The lowest BCUT2D eigenvalue weighted by Crippen LogP contribution is -2.16. The average Bonchev–Trinajstić information content (AvgIpc) is 2.98. The van der Waals surface area contributed by atoms with Gasteiger partial charge in [-0.15, -0.1) is 0 Å². The molecule has 2 rings (SSSR count). The number of nitrogens with one attached hydrogen (secondary N) is 1. The standard InChI is InChI=1S/C12H9FN4O5/c1-22-12(19)7-2-6(13)3-8(17(20)21)11(7)9(18)4-10-14-5-15-16-10/h2-3,5H,4H2,1H3,(H,14,15,16). The Morgan fingerprint density at radius 3 is 2.73 bits per heavy atom. The summed E-state index contributed by atoms with van der Waals surface area (Å²) in [5, 5.41) is 17.0. The summed E-state index contributed by atoms with van der Waals surface area (Å²) in [5.41, 5.74) is -1.86. The molecule has 1 aromatic heterocycles. The number of Topliss-reactive ketones (excluding diaryl/α,β-unsaturated/α-hetero) is 1. The molecule has 0 unspecified atom stereocenters. The predicted molar refractivity (Wildman–Crippen MR) is 68.8 cm³/mol. The molecule has 114 valence electrons. The first-order chi connectivity index (χ1) is 10.4. The van der Waals surface area contributed by atoms with Crippen LogP contribution in [-0.2, 0) is 11.2 Å². The van der Waals surface area contributed by atoms with E-state index in [2.05, 4.69) is 19.9 Å². The van der Waals surface area contributed by atoms with E-state index in [0.717, 1.165) is 13.4 Å². The van der Waals surface area contributed by atoms with Crippen molar-refractivity contribution in [1.82, 2.24) is 15.2 Å². The van der Waals surface area contributed by atoms with Gasteiger partial charge in [0.1, 0.15) is 23.5 Å². The lowest BCUT2D eigenvalue weighted by molar-refractivity contribution is -0.385. The summed E-state index contributed by atoms with van der Waals surface area (Å²) in [6, 6.07) is 1.28. The first-order valence-electron chi connectivity index (χ1n) is 5.87. The van der Waals surface area contributed by atoms with E-state index in [4.69, 9.17) is 0 Å². The molecule has 0 amide bonds. The number of aromatic amines is 1. The van der Waals surface area contributed by atoms with Gasteiger partial charge in [-0.2, -0.15) is 5.10 Å². The van der Waals surface area contributed by atoms with Crippen LogP contribution in [0.5, 0.6) is 0 Å². The maximum absolute atomic E-state index is 13.5. The number of halogens is 1. The molecule has 0 saturated carbocycles. The van der Waals surface area contributed by atoms with Gasteiger partial charge in [-0.25, -0.2) is 14.2 Å². The van der Waals surface area contributed by atoms with Gasteiger partial charge in [-0.05, 0) is 6.07 Å². The number of nitro groups is 1. The first kappa shape index (κ1) is 15.2. The number of methoxy groups -OCH3 is 1. The molecule has 1 heterocycles. The summed E-state index contributed by atoms with van der Waals surface area (Å²) >= 11 is 0. The van der Waals surface area contributed by atoms with Crippen LogP contribution >= 0.6 is 0 Å². The molecule has 0 atom stereocenters. The molecular weight excluding hydrogens is 299 g/mol. The third-order valence-corrected chi connectivity index (χ3v) is 2.76. The smallest absolute Gasteiger partial charge is 0.338 e.